The Balaban J connectivity index is 1.57. The number of fused-ring (bicyclic) bond motifs is 2. The number of carbonyl (C=O) groups is 1. The van der Waals surface area contributed by atoms with Gasteiger partial charge in [-0.3, -0.25) is 9.69 Å². The molecule has 30 heavy (non-hydrogen) atoms. The van der Waals surface area contributed by atoms with E-state index in [9.17, 15) is 23.2 Å². The fraction of sp³-hybridized carbons (Fsp3) is 0.391. The molecule has 156 valence electrons. The predicted octanol–water partition coefficient (Wildman–Crippen LogP) is 4.44. The Kier molecular flexibility index (Phi) is 5.63. The number of halogens is 3. The van der Waals surface area contributed by atoms with E-state index in [1.54, 1.807) is 0 Å². The number of ether oxygens (including phenoxy) is 1. The summed E-state index contributed by atoms with van der Waals surface area (Å²) in [7, 11) is 0. The third kappa shape index (κ3) is 4.11. The normalized spacial score (nSPS) is 24.3. The van der Waals surface area contributed by atoms with Gasteiger partial charge in [-0.05, 0) is 36.6 Å². The number of nitrogens with zero attached hydrogens (tertiary/aromatic N) is 2. The molecule has 7 heteroatoms. The third-order valence-electron chi connectivity index (χ3n) is 5.98. The number of ketones is 1. The summed E-state index contributed by atoms with van der Waals surface area (Å²) in [6, 6.07) is 14.7. The smallest absolute Gasteiger partial charge is 0.378 e. The second-order valence-electron chi connectivity index (χ2n) is 7.91. The number of carbonyl (C=O) groups excluding carboxylic acids is 1. The highest BCUT2D eigenvalue weighted by atomic mass is 19.4. The molecule has 0 aliphatic carbocycles. The maximum atomic E-state index is 13.2. The Labute approximate surface area is 172 Å². The highest BCUT2D eigenvalue weighted by Crippen LogP contribution is 2.36. The molecule has 2 fully saturated rings. The molecule has 2 aliphatic rings. The molecule has 2 aromatic carbocycles. The number of piperidine rings is 1. The molecule has 2 unspecified atom stereocenters. The minimum absolute atomic E-state index is 0.0128. The first-order valence-electron chi connectivity index (χ1n) is 9.90. The molecule has 2 saturated heterocycles. The van der Waals surface area contributed by atoms with Crippen molar-refractivity contribution >= 4 is 5.78 Å². The Morgan fingerprint density at radius 2 is 1.77 bits per heavy atom. The molecule has 2 atom stereocenters. The Hall–Kier alpha value is -2.69. The summed E-state index contributed by atoms with van der Waals surface area (Å²) in [5.41, 5.74) is 0.118. The molecular formula is C23H21F3N2O2. The first kappa shape index (κ1) is 20.6. The van der Waals surface area contributed by atoms with Gasteiger partial charge in [-0.25, -0.2) is 0 Å². The molecule has 0 N–H and O–H groups in total. The Morgan fingerprint density at radius 3 is 2.37 bits per heavy atom. The van der Waals surface area contributed by atoms with Crippen LogP contribution < -0.4 is 0 Å². The SMILES string of the molecule is N#Cc1ccc(C(F)(F)F)cc1C(=O)C1CC2COCC(C1)N2Cc1ccccc1. The maximum absolute atomic E-state index is 13.2. The molecular weight excluding hydrogens is 393 g/mol. The monoisotopic (exact) mass is 414 g/mol. The van der Waals surface area contributed by atoms with Crippen LogP contribution in [0.4, 0.5) is 13.2 Å². The van der Waals surface area contributed by atoms with Crippen LogP contribution in [0.1, 0.15) is 39.9 Å². The molecule has 0 aromatic heterocycles. The van der Waals surface area contributed by atoms with Crippen LogP contribution in [-0.2, 0) is 17.5 Å². The van der Waals surface area contributed by atoms with Crippen molar-refractivity contribution in [3.63, 3.8) is 0 Å². The zero-order valence-electron chi connectivity index (χ0n) is 16.2. The van der Waals surface area contributed by atoms with Crippen molar-refractivity contribution in [1.82, 2.24) is 4.90 Å². The lowest BCUT2D eigenvalue weighted by Gasteiger charge is -2.48. The van der Waals surface area contributed by atoms with Gasteiger partial charge in [-0.2, -0.15) is 18.4 Å². The van der Waals surface area contributed by atoms with E-state index in [2.05, 4.69) is 17.0 Å². The zero-order chi connectivity index (χ0) is 21.3. The second kappa shape index (κ2) is 8.21. The molecule has 0 radical (unpaired) electrons. The van der Waals surface area contributed by atoms with Crippen molar-refractivity contribution in [2.45, 2.75) is 37.6 Å². The summed E-state index contributed by atoms with van der Waals surface area (Å²) in [4.78, 5) is 15.5. The lowest BCUT2D eigenvalue weighted by atomic mass is 9.79. The van der Waals surface area contributed by atoms with Gasteiger partial charge >= 0.3 is 6.18 Å². The van der Waals surface area contributed by atoms with Crippen LogP contribution in [0.2, 0.25) is 0 Å². The first-order chi connectivity index (χ1) is 14.4. The van der Waals surface area contributed by atoms with Crippen LogP contribution in [0.3, 0.4) is 0 Å². The number of hydrogen-bond donors (Lipinski definition) is 0. The molecule has 0 spiro atoms. The number of alkyl halides is 3. The third-order valence-corrected chi connectivity index (χ3v) is 5.98. The number of morpholine rings is 1. The molecule has 4 rings (SSSR count). The summed E-state index contributed by atoms with van der Waals surface area (Å²) in [6.07, 6.45) is -3.56. The van der Waals surface area contributed by atoms with Gasteiger partial charge in [0, 0.05) is 30.1 Å². The number of rotatable bonds is 4. The van der Waals surface area contributed by atoms with Gasteiger partial charge in [0.05, 0.1) is 30.4 Å². The van der Waals surface area contributed by atoms with E-state index < -0.39 is 17.7 Å². The van der Waals surface area contributed by atoms with Crippen LogP contribution in [0, 0.1) is 17.2 Å². The summed E-state index contributed by atoms with van der Waals surface area (Å²) >= 11 is 0. The van der Waals surface area contributed by atoms with Gasteiger partial charge in [0.15, 0.2) is 5.78 Å². The lowest BCUT2D eigenvalue weighted by molar-refractivity contribution is -0.137. The van der Waals surface area contributed by atoms with Gasteiger partial charge in [-0.1, -0.05) is 30.3 Å². The van der Waals surface area contributed by atoms with Crippen LogP contribution in [-0.4, -0.2) is 36.0 Å². The standard InChI is InChI=1S/C23H21F3N2O2/c24-23(25,26)18-7-6-16(11-27)21(10-18)22(29)17-8-19-13-30-14-20(9-17)28(19)12-15-4-2-1-3-5-15/h1-7,10,17,19-20H,8-9,12-14H2. The fourth-order valence-electron chi connectivity index (χ4n) is 4.50. The predicted molar refractivity (Wildman–Crippen MR) is 104 cm³/mol. The maximum Gasteiger partial charge on any atom is 0.416 e. The summed E-state index contributed by atoms with van der Waals surface area (Å²) in [5.74, 6) is -0.805. The average Bonchev–Trinajstić information content (AvgIpc) is 2.72. The van der Waals surface area contributed by atoms with Crippen molar-refractivity contribution in [2.24, 2.45) is 5.92 Å². The van der Waals surface area contributed by atoms with Gasteiger partial charge in [-0.15, -0.1) is 0 Å². The number of benzene rings is 2. The molecule has 4 nitrogen and oxygen atoms in total. The van der Waals surface area contributed by atoms with Crippen LogP contribution in [0.5, 0.6) is 0 Å². The van der Waals surface area contributed by atoms with E-state index in [0.29, 0.717) is 26.1 Å². The number of Topliss-reactive ketones (excluding diaryl/α,β-unsaturated/α-hetero) is 1. The Bertz CT molecular complexity index is 955. The average molecular weight is 414 g/mol. The van der Waals surface area contributed by atoms with E-state index in [1.807, 2.05) is 24.3 Å². The van der Waals surface area contributed by atoms with E-state index in [0.717, 1.165) is 24.7 Å². The Morgan fingerprint density at radius 1 is 1.10 bits per heavy atom. The van der Waals surface area contributed by atoms with E-state index in [1.165, 1.54) is 5.56 Å². The molecule has 2 bridgehead atoms. The van der Waals surface area contributed by atoms with E-state index in [4.69, 9.17) is 4.74 Å². The highest BCUT2D eigenvalue weighted by molar-refractivity contribution is 6.00. The van der Waals surface area contributed by atoms with Gasteiger partial charge in [0.1, 0.15) is 0 Å². The largest absolute Gasteiger partial charge is 0.416 e. The zero-order valence-corrected chi connectivity index (χ0v) is 16.2. The fourth-order valence-corrected chi connectivity index (χ4v) is 4.50. The van der Waals surface area contributed by atoms with Gasteiger partial charge in [0.25, 0.3) is 0 Å². The quantitative estimate of drug-likeness (QED) is 0.694. The summed E-state index contributed by atoms with van der Waals surface area (Å²) in [6.45, 7) is 1.72. The lowest BCUT2D eigenvalue weighted by Crippen LogP contribution is -2.57. The minimum Gasteiger partial charge on any atom is -0.378 e. The van der Waals surface area contributed by atoms with E-state index in [-0.39, 0.29) is 29.0 Å². The van der Waals surface area contributed by atoms with Gasteiger partial charge < -0.3 is 4.74 Å². The molecule has 0 amide bonds. The number of hydrogen-bond acceptors (Lipinski definition) is 4. The van der Waals surface area contributed by atoms with Crippen LogP contribution >= 0.6 is 0 Å². The topological polar surface area (TPSA) is 53.3 Å². The molecule has 2 aliphatic heterocycles. The summed E-state index contributed by atoms with van der Waals surface area (Å²) < 4.78 is 45.1. The molecule has 2 aromatic rings. The second-order valence-corrected chi connectivity index (χ2v) is 7.91. The van der Waals surface area contributed by atoms with Crippen molar-refractivity contribution in [3.8, 4) is 6.07 Å². The minimum atomic E-state index is -4.56. The summed E-state index contributed by atoms with van der Waals surface area (Å²) in [5, 5.41) is 9.32. The van der Waals surface area contributed by atoms with Crippen LogP contribution in [0.15, 0.2) is 48.5 Å². The number of nitriles is 1. The van der Waals surface area contributed by atoms with Crippen molar-refractivity contribution in [2.75, 3.05) is 13.2 Å². The molecule has 0 saturated carbocycles. The molecule has 2 heterocycles. The van der Waals surface area contributed by atoms with E-state index >= 15 is 0 Å². The highest BCUT2D eigenvalue weighted by Gasteiger charge is 2.42. The van der Waals surface area contributed by atoms with Crippen molar-refractivity contribution in [3.05, 3.63) is 70.8 Å². The van der Waals surface area contributed by atoms with Gasteiger partial charge in [0.2, 0.25) is 0 Å². The first-order valence-corrected chi connectivity index (χ1v) is 9.90. The van der Waals surface area contributed by atoms with Crippen molar-refractivity contribution in [1.29, 1.82) is 5.26 Å². The van der Waals surface area contributed by atoms with Crippen molar-refractivity contribution < 1.29 is 22.7 Å². The van der Waals surface area contributed by atoms with Crippen LogP contribution in [0.25, 0.3) is 0 Å².